The molecule has 0 aliphatic heterocycles. The number of allylic oxidation sites excluding steroid dienone is 14. The second-order valence-electron chi connectivity index (χ2n) is 23.5. The maximum atomic E-state index is 12.8. The minimum atomic E-state index is -4.65. The van der Waals surface area contributed by atoms with E-state index in [1.54, 1.807) is 0 Å². The van der Waals surface area contributed by atoms with E-state index >= 15 is 0 Å². The SMILES string of the molecule is CC/C=C\C/C=C\C/C=C\C/C=C\C/C=C\CCCCCCCCCC(=O)OC(COC(=O)CCCCCCCCCCCCCCCCCCCCCCC/C=C\C/C=C\CCCCCCC)COP(=O)([O-])OCC[N+](C)(C)C. The Hall–Kier alpha value is -2.81. The Morgan fingerprint density at radius 3 is 1.06 bits per heavy atom. The zero-order valence-corrected chi connectivity index (χ0v) is 53.7. The molecule has 2 unspecified atom stereocenters. The maximum Gasteiger partial charge on any atom is 0.306 e. The highest BCUT2D eigenvalue weighted by Gasteiger charge is 2.22. The molecule has 0 aromatic carbocycles. The van der Waals surface area contributed by atoms with Crippen molar-refractivity contribution in [3.63, 3.8) is 0 Å². The Morgan fingerprint density at radius 1 is 0.400 bits per heavy atom. The number of phosphoric acid groups is 1. The van der Waals surface area contributed by atoms with Crippen LogP contribution in [0.1, 0.15) is 296 Å². The van der Waals surface area contributed by atoms with Crippen molar-refractivity contribution in [1.82, 2.24) is 0 Å². The van der Waals surface area contributed by atoms with Gasteiger partial charge in [0.25, 0.3) is 7.82 Å². The number of rotatable bonds is 61. The second-order valence-corrected chi connectivity index (χ2v) is 24.9. The minimum absolute atomic E-state index is 0.0356. The normalized spacial score (nSPS) is 13.7. The summed E-state index contributed by atoms with van der Waals surface area (Å²) in [6.45, 7) is 4.13. The van der Waals surface area contributed by atoms with Gasteiger partial charge < -0.3 is 27.9 Å². The molecule has 0 aliphatic rings. The van der Waals surface area contributed by atoms with Crippen LogP contribution in [-0.2, 0) is 32.7 Å². The highest BCUT2D eigenvalue weighted by molar-refractivity contribution is 7.45. The lowest BCUT2D eigenvalue weighted by Crippen LogP contribution is -2.37. The number of hydrogen-bond acceptors (Lipinski definition) is 8. The Balaban J connectivity index is 4.04. The zero-order valence-electron chi connectivity index (χ0n) is 52.8. The molecule has 0 spiro atoms. The van der Waals surface area contributed by atoms with Crippen LogP contribution >= 0.6 is 7.82 Å². The molecule has 0 heterocycles. The molecule has 0 radical (unpaired) electrons. The number of likely N-dealkylation sites (N-methyl/N-ethyl adjacent to an activating group) is 1. The molecule has 0 aliphatic carbocycles. The standard InChI is InChI=1S/C70H126NO8P/c1-6-8-10-12-14-16-18-20-22-24-26-28-30-31-32-33-34-35-36-37-38-39-41-42-44-46-48-50-52-54-56-58-60-62-69(72)76-66-68(67-78-80(74,75)77-65-64-71(3,4)5)79-70(73)63-61-59-57-55-53-51-49-47-45-43-40-29-27-25-23-21-19-17-15-13-11-9-7-2/h9,11,15,17-18,20-21,23-24,26-27,29,43,45,68H,6-8,10,12-14,16,19,22,25,28,30-42,44,46-67H2,1-5H3/b11-9-,17-15-,20-18-,23-21-,26-24-,29-27-,45-43-. The van der Waals surface area contributed by atoms with E-state index in [9.17, 15) is 19.0 Å². The van der Waals surface area contributed by atoms with Crippen LogP contribution in [0.2, 0.25) is 0 Å². The van der Waals surface area contributed by atoms with E-state index in [1.807, 2.05) is 21.1 Å². The van der Waals surface area contributed by atoms with Gasteiger partial charge in [-0.05, 0) is 89.9 Å². The Morgan fingerprint density at radius 2 is 0.713 bits per heavy atom. The van der Waals surface area contributed by atoms with Gasteiger partial charge in [0.15, 0.2) is 6.10 Å². The van der Waals surface area contributed by atoms with Gasteiger partial charge in [-0.1, -0.05) is 279 Å². The fourth-order valence-electron chi connectivity index (χ4n) is 9.30. The van der Waals surface area contributed by atoms with Crippen molar-refractivity contribution in [1.29, 1.82) is 0 Å². The van der Waals surface area contributed by atoms with Crippen LogP contribution in [0.15, 0.2) is 85.1 Å². The first-order chi connectivity index (χ1) is 39.0. The topological polar surface area (TPSA) is 111 Å². The number of phosphoric ester groups is 1. The molecule has 0 amide bonds. The van der Waals surface area contributed by atoms with E-state index in [2.05, 4.69) is 98.9 Å². The quantitative estimate of drug-likeness (QED) is 0.0195. The van der Waals surface area contributed by atoms with Crippen molar-refractivity contribution in [2.75, 3.05) is 47.5 Å². The number of quaternary nitrogens is 1. The number of esters is 2. The highest BCUT2D eigenvalue weighted by atomic mass is 31.2. The summed E-state index contributed by atoms with van der Waals surface area (Å²) >= 11 is 0. The third-order valence-corrected chi connectivity index (χ3v) is 15.4. The summed E-state index contributed by atoms with van der Waals surface area (Å²) < 4.78 is 34.3. The van der Waals surface area contributed by atoms with Gasteiger partial charge in [0.2, 0.25) is 0 Å². The molecule has 0 aromatic heterocycles. The van der Waals surface area contributed by atoms with Gasteiger partial charge in [-0.25, -0.2) is 0 Å². The molecule has 0 N–H and O–H groups in total. The predicted octanol–water partition coefficient (Wildman–Crippen LogP) is 20.7. The van der Waals surface area contributed by atoms with Crippen LogP contribution in [0.3, 0.4) is 0 Å². The molecule has 0 rings (SSSR count). The molecule has 0 fully saturated rings. The molecule has 80 heavy (non-hydrogen) atoms. The second kappa shape index (κ2) is 60.8. The molecular formula is C70H126NO8P. The van der Waals surface area contributed by atoms with Gasteiger partial charge in [0.1, 0.15) is 19.8 Å². The smallest absolute Gasteiger partial charge is 0.306 e. The third-order valence-electron chi connectivity index (χ3n) is 14.4. The molecule has 9 nitrogen and oxygen atoms in total. The Labute approximate surface area is 494 Å². The lowest BCUT2D eigenvalue weighted by Gasteiger charge is -2.28. The van der Waals surface area contributed by atoms with Crippen LogP contribution < -0.4 is 4.89 Å². The molecule has 0 saturated heterocycles. The van der Waals surface area contributed by atoms with E-state index in [0.717, 1.165) is 83.5 Å². The van der Waals surface area contributed by atoms with E-state index < -0.39 is 26.5 Å². The highest BCUT2D eigenvalue weighted by Crippen LogP contribution is 2.38. The average Bonchev–Trinajstić information content (AvgIpc) is 3.42. The zero-order chi connectivity index (χ0) is 58.4. The van der Waals surface area contributed by atoms with Gasteiger partial charge in [-0.3, -0.25) is 14.2 Å². The van der Waals surface area contributed by atoms with Crippen LogP contribution in [-0.4, -0.2) is 70.0 Å². The first-order valence-corrected chi connectivity index (χ1v) is 34.8. The third kappa shape index (κ3) is 64.4. The van der Waals surface area contributed by atoms with E-state index in [4.69, 9.17) is 18.5 Å². The number of hydrogen-bond donors (Lipinski definition) is 0. The lowest BCUT2D eigenvalue weighted by atomic mass is 10.0. The largest absolute Gasteiger partial charge is 0.756 e. The molecule has 464 valence electrons. The van der Waals surface area contributed by atoms with Crippen molar-refractivity contribution < 1.29 is 42.1 Å². The van der Waals surface area contributed by atoms with Crippen LogP contribution in [0.25, 0.3) is 0 Å². The van der Waals surface area contributed by atoms with Gasteiger partial charge in [0, 0.05) is 12.8 Å². The first kappa shape index (κ1) is 77.2. The summed E-state index contributed by atoms with van der Waals surface area (Å²) in [5, 5.41) is 0. The Kier molecular flexibility index (Phi) is 58.6. The summed E-state index contributed by atoms with van der Waals surface area (Å²) in [5.74, 6) is -0.839. The van der Waals surface area contributed by atoms with Gasteiger partial charge >= 0.3 is 11.9 Å². The van der Waals surface area contributed by atoms with Crippen molar-refractivity contribution >= 4 is 19.8 Å². The molecule has 2 atom stereocenters. The number of carbonyl (C=O) groups is 2. The fourth-order valence-corrected chi connectivity index (χ4v) is 10.0. The fraction of sp³-hybridized carbons (Fsp3) is 0.771. The van der Waals surface area contributed by atoms with Gasteiger partial charge in [0.05, 0.1) is 27.7 Å². The number of ether oxygens (including phenoxy) is 2. The van der Waals surface area contributed by atoms with Crippen molar-refractivity contribution in [3.8, 4) is 0 Å². The van der Waals surface area contributed by atoms with Gasteiger partial charge in [-0.2, -0.15) is 0 Å². The van der Waals surface area contributed by atoms with Crippen LogP contribution in [0.4, 0.5) is 0 Å². The molecule has 0 bridgehead atoms. The summed E-state index contributed by atoms with van der Waals surface area (Å²) in [4.78, 5) is 38.0. The van der Waals surface area contributed by atoms with Crippen LogP contribution in [0.5, 0.6) is 0 Å². The average molecular weight is 1140 g/mol. The van der Waals surface area contributed by atoms with E-state index in [1.165, 1.54) is 180 Å². The van der Waals surface area contributed by atoms with Crippen molar-refractivity contribution in [2.24, 2.45) is 0 Å². The number of carbonyl (C=O) groups excluding carboxylic acids is 2. The Bertz CT molecular complexity index is 1630. The molecule has 10 heteroatoms. The summed E-state index contributed by atoms with van der Waals surface area (Å²) in [6.07, 6.45) is 82.3. The van der Waals surface area contributed by atoms with Crippen molar-refractivity contribution in [3.05, 3.63) is 85.1 Å². The van der Waals surface area contributed by atoms with Gasteiger partial charge in [-0.15, -0.1) is 0 Å². The van der Waals surface area contributed by atoms with Crippen molar-refractivity contribution in [2.45, 2.75) is 302 Å². The number of nitrogens with zero attached hydrogens (tertiary/aromatic N) is 1. The lowest BCUT2D eigenvalue weighted by molar-refractivity contribution is -0.870. The van der Waals surface area contributed by atoms with E-state index in [-0.39, 0.29) is 32.0 Å². The summed E-state index contributed by atoms with van der Waals surface area (Å²) in [6, 6.07) is 0. The predicted molar refractivity (Wildman–Crippen MR) is 342 cm³/mol. The monoisotopic (exact) mass is 1140 g/mol. The number of unbranched alkanes of at least 4 members (excludes halogenated alkanes) is 33. The molecule has 0 aromatic rings. The maximum absolute atomic E-state index is 12.8. The summed E-state index contributed by atoms with van der Waals surface area (Å²) in [7, 11) is 1.16. The van der Waals surface area contributed by atoms with E-state index in [0.29, 0.717) is 17.4 Å². The van der Waals surface area contributed by atoms with Crippen LogP contribution in [0, 0.1) is 0 Å². The molecular weight excluding hydrogens is 1010 g/mol. The summed E-state index contributed by atoms with van der Waals surface area (Å²) in [5.41, 5.74) is 0. The first-order valence-electron chi connectivity index (χ1n) is 33.3. The minimum Gasteiger partial charge on any atom is -0.756 e. The molecule has 0 saturated carbocycles.